The van der Waals surface area contributed by atoms with Gasteiger partial charge in [-0.3, -0.25) is 0 Å². The van der Waals surface area contributed by atoms with Crippen molar-refractivity contribution in [2.45, 2.75) is 59.0 Å². The molecule has 1 aliphatic rings. The van der Waals surface area contributed by atoms with E-state index in [9.17, 15) is 0 Å². The summed E-state index contributed by atoms with van der Waals surface area (Å²) in [7, 11) is 0. The first-order valence-electron chi connectivity index (χ1n) is 6.85. The van der Waals surface area contributed by atoms with Crippen LogP contribution >= 0.6 is 0 Å². The van der Waals surface area contributed by atoms with E-state index in [4.69, 9.17) is 0 Å². The van der Waals surface area contributed by atoms with Gasteiger partial charge in [-0.1, -0.05) is 20.8 Å². The Morgan fingerprint density at radius 1 is 1.47 bits per heavy atom. The first kappa shape index (κ1) is 12.6. The molecule has 4 nitrogen and oxygen atoms in total. The van der Waals surface area contributed by atoms with Gasteiger partial charge >= 0.3 is 0 Å². The zero-order chi connectivity index (χ0) is 12.3. The van der Waals surface area contributed by atoms with E-state index in [0.717, 1.165) is 37.7 Å². The fraction of sp³-hybridized carbons (Fsp3) is 0.846. The molecule has 0 spiro atoms. The van der Waals surface area contributed by atoms with E-state index in [1.165, 1.54) is 18.7 Å². The van der Waals surface area contributed by atoms with Gasteiger partial charge in [0.1, 0.15) is 5.82 Å². The number of nitrogens with one attached hydrogen (secondary N) is 1. The maximum absolute atomic E-state index is 4.54. The van der Waals surface area contributed by atoms with Gasteiger partial charge in [-0.2, -0.15) is 5.10 Å². The molecule has 0 saturated heterocycles. The molecule has 1 aromatic rings. The molecule has 0 aromatic carbocycles. The highest BCUT2D eigenvalue weighted by Gasteiger charge is 2.20. The minimum absolute atomic E-state index is 0.577. The first-order chi connectivity index (χ1) is 8.19. The molecule has 1 unspecified atom stereocenters. The van der Waals surface area contributed by atoms with Crippen LogP contribution in [0, 0.1) is 5.92 Å². The number of fused-ring (bicyclic) bond motifs is 1. The van der Waals surface area contributed by atoms with Crippen LogP contribution < -0.4 is 5.32 Å². The van der Waals surface area contributed by atoms with E-state index in [2.05, 4.69) is 40.9 Å². The van der Waals surface area contributed by atoms with Crippen molar-refractivity contribution in [2.24, 2.45) is 5.92 Å². The number of aromatic nitrogens is 3. The van der Waals surface area contributed by atoms with E-state index < -0.39 is 0 Å². The molecule has 96 valence electrons. The highest BCUT2D eigenvalue weighted by atomic mass is 15.4. The molecule has 0 amide bonds. The molecule has 1 atom stereocenters. The van der Waals surface area contributed by atoms with Gasteiger partial charge in [0.05, 0.1) is 6.54 Å². The second-order valence-corrected chi connectivity index (χ2v) is 5.35. The lowest BCUT2D eigenvalue weighted by atomic mass is 10.1. The summed E-state index contributed by atoms with van der Waals surface area (Å²) in [5, 5.41) is 8.16. The van der Waals surface area contributed by atoms with Crippen LogP contribution in [0.3, 0.4) is 0 Å². The van der Waals surface area contributed by atoms with Crippen LogP contribution in [0.2, 0.25) is 0 Å². The van der Waals surface area contributed by atoms with Crippen molar-refractivity contribution < 1.29 is 0 Å². The van der Waals surface area contributed by atoms with Crippen molar-refractivity contribution in [3.05, 3.63) is 11.6 Å². The second-order valence-electron chi connectivity index (χ2n) is 5.35. The van der Waals surface area contributed by atoms with E-state index in [1.54, 1.807) is 0 Å². The quantitative estimate of drug-likeness (QED) is 0.847. The third-order valence-electron chi connectivity index (χ3n) is 3.37. The molecule has 0 bridgehead atoms. The lowest BCUT2D eigenvalue weighted by Crippen LogP contribution is -2.38. The number of hydrogen-bond acceptors (Lipinski definition) is 3. The van der Waals surface area contributed by atoms with Crippen LogP contribution in [0.15, 0.2) is 0 Å². The summed E-state index contributed by atoms with van der Waals surface area (Å²) in [5.74, 6) is 2.94. The largest absolute Gasteiger partial charge is 0.312 e. The molecule has 0 radical (unpaired) electrons. The van der Waals surface area contributed by atoms with Gasteiger partial charge in [-0.05, 0) is 25.3 Å². The monoisotopic (exact) mass is 236 g/mol. The zero-order valence-corrected chi connectivity index (χ0v) is 11.2. The summed E-state index contributed by atoms with van der Waals surface area (Å²) < 4.78 is 2.09. The Kier molecular flexibility index (Phi) is 4.15. The molecule has 1 aliphatic heterocycles. The maximum Gasteiger partial charge on any atom is 0.150 e. The highest BCUT2D eigenvalue weighted by molar-refractivity contribution is 4.97. The Balaban J connectivity index is 1.85. The van der Waals surface area contributed by atoms with Gasteiger partial charge in [-0.25, -0.2) is 9.67 Å². The Morgan fingerprint density at radius 2 is 2.29 bits per heavy atom. The normalized spacial score (nSPS) is 19.6. The van der Waals surface area contributed by atoms with Crippen LogP contribution in [-0.4, -0.2) is 27.4 Å². The number of hydrogen-bond donors (Lipinski definition) is 1. The molecule has 0 saturated carbocycles. The highest BCUT2D eigenvalue weighted by Crippen LogP contribution is 2.13. The third kappa shape index (κ3) is 3.28. The molecule has 2 heterocycles. The van der Waals surface area contributed by atoms with Gasteiger partial charge in [0.15, 0.2) is 5.82 Å². The second kappa shape index (κ2) is 5.63. The third-order valence-corrected chi connectivity index (χ3v) is 3.37. The van der Waals surface area contributed by atoms with E-state index in [-0.39, 0.29) is 0 Å². The average molecular weight is 236 g/mol. The van der Waals surface area contributed by atoms with Crippen LogP contribution in [0.1, 0.15) is 45.3 Å². The molecular weight excluding hydrogens is 212 g/mol. The fourth-order valence-electron chi connectivity index (χ4n) is 2.25. The van der Waals surface area contributed by atoms with Crippen molar-refractivity contribution in [2.75, 3.05) is 6.54 Å². The van der Waals surface area contributed by atoms with E-state index in [0.29, 0.717) is 6.04 Å². The molecule has 1 N–H and O–H groups in total. The van der Waals surface area contributed by atoms with Gasteiger partial charge < -0.3 is 5.32 Å². The van der Waals surface area contributed by atoms with Crippen molar-refractivity contribution in [3.8, 4) is 0 Å². The summed E-state index contributed by atoms with van der Waals surface area (Å²) in [4.78, 5) is 4.54. The summed E-state index contributed by atoms with van der Waals surface area (Å²) in [6.45, 7) is 8.75. The minimum Gasteiger partial charge on any atom is -0.312 e. The Morgan fingerprint density at radius 3 is 3.00 bits per heavy atom. The first-order valence-corrected chi connectivity index (χ1v) is 6.85. The summed E-state index contributed by atoms with van der Waals surface area (Å²) >= 11 is 0. The number of aryl methyl sites for hydroxylation is 2. The van der Waals surface area contributed by atoms with Gasteiger partial charge in [0, 0.05) is 18.9 Å². The smallest absolute Gasteiger partial charge is 0.150 e. The number of nitrogens with zero attached hydrogens (tertiary/aromatic N) is 3. The van der Waals surface area contributed by atoms with Crippen molar-refractivity contribution in [1.82, 2.24) is 20.1 Å². The Labute approximate surface area is 104 Å². The molecule has 17 heavy (non-hydrogen) atoms. The van der Waals surface area contributed by atoms with Crippen molar-refractivity contribution in [3.63, 3.8) is 0 Å². The number of rotatable bonds is 5. The Hall–Kier alpha value is -0.900. The van der Waals surface area contributed by atoms with Gasteiger partial charge in [-0.15, -0.1) is 0 Å². The maximum atomic E-state index is 4.54. The van der Waals surface area contributed by atoms with Gasteiger partial charge in [0.2, 0.25) is 0 Å². The minimum atomic E-state index is 0.577. The predicted octanol–water partition coefficient (Wildman–Crippen LogP) is 1.79. The SMILES string of the molecule is CCc1nc2n(n1)CC(NCCC(C)C)CC2. The Bertz CT molecular complexity index is 356. The summed E-state index contributed by atoms with van der Waals surface area (Å²) in [6, 6.07) is 0.577. The van der Waals surface area contributed by atoms with Crippen molar-refractivity contribution in [1.29, 1.82) is 0 Å². The molecule has 0 aliphatic carbocycles. The standard InChI is InChI=1S/C13H24N4/c1-4-12-15-13-6-5-11(9-17(13)16-12)14-8-7-10(2)3/h10-11,14H,4-9H2,1-3H3. The van der Waals surface area contributed by atoms with Gasteiger partial charge in [0.25, 0.3) is 0 Å². The van der Waals surface area contributed by atoms with Crippen LogP contribution in [0.5, 0.6) is 0 Å². The van der Waals surface area contributed by atoms with E-state index in [1.807, 2.05) is 0 Å². The molecular formula is C13H24N4. The zero-order valence-electron chi connectivity index (χ0n) is 11.2. The van der Waals surface area contributed by atoms with Crippen LogP contribution in [0.4, 0.5) is 0 Å². The molecule has 4 heteroatoms. The average Bonchev–Trinajstić information content (AvgIpc) is 2.70. The lowest BCUT2D eigenvalue weighted by Gasteiger charge is -2.23. The fourth-order valence-corrected chi connectivity index (χ4v) is 2.25. The van der Waals surface area contributed by atoms with E-state index >= 15 is 0 Å². The molecule has 0 fully saturated rings. The topological polar surface area (TPSA) is 42.7 Å². The summed E-state index contributed by atoms with van der Waals surface area (Å²) in [5.41, 5.74) is 0. The summed E-state index contributed by atoms with van der Waals surface area (Å²) in [6.07, 6.45) is 4.44. The molecule has 2 rings (SSSR count). The predicted molar refractivity (Wildman–Crippen MR) is 69.0 cm³/mol. The molecule has 1 aromatic heterocycles. The van der Waals surface area contributed by atoms with Crippen molar-refractivity contribution >= 4 is 0 Å². The van der Waals surface area contributed by atoms with Crippen LogP contribution in [-0.2, 0) is 19.4 Å². The van der Waals surface area contributed by atoms with Crippen LogP contribution in [0.25, 0.3) is 0 Å². The lowest BCUT2D eigenvalue weighted by molar-refractivity contribution is 0.350.